The molecule has 0 aliphatic heterocycles. The molecule has 0 radical (unpaired) electrons. The first kappa shape index (κ1) is 17.5. The van der Waals surface area contributed by atoms with E-state index in [2.05, 4.69) is 55.1 Å². The molecule has 0 spiro atoms. The zero-order valence-electron chi connectivity index (χ0n) is 16.5. The maximum Gasteiger partial charge on any atom is 0.334 e. The molecule has 1 unspecified atom stereocenters. The summed E-state index contributed by atoms with van der Waals surface area (Å²) < 4.78 is 6.43. The Balaban J connectivity index is 1.80. The molecule has 0 bridgehead atoms. The number of carbonyl (C=O) groups excluding carboxylic acids is 1. The first-order valence-corrected chi connectivity index (χ1v) is 10.4. The number of hydrogen-bond donors (Lipinski definition) is 0. The summed E-state index contributed by atoms with van der Waals surface area (Å²) in [6.45, 7) is 5.59. The minimum absolute atomic E-state index is 0.285. The molecule has 1 fully saturated rings. The van der Waals surface area contributed by atoms with Crippen LogP contribution in [-0.4, -0.2) is 5.97 Å². The van der Waals surface area contributed by atoms with E-state index < -0.39 is 5.60 Å². The van der Waals surface area contributed by atoms with E-state index in [1.807, 2.05) is 0 Å². The van der Waals surface area contributed by atoms with Crippen molar-refractivity contribution in [2.75, 3.05) is 0 Å². The van der Waals surface area contributed by atoms with E-state index >= 15 is 0 Å². The highest BCUT2D eigenvalue weighted by Crippen LogP contribution is 2.57. The van der Waals surface area contributed by atoms with Crippen molar-refractivity contribution in [1.82, 2.24) is 0 Å². The van der Waals surface area contributed by atoms with E-state index in [0.29, 0.717) is 11.5 Å². The van der Waals surface area contributed by atoms with Crippen molar-refractivity contribution in [2.24, 2.45) is 5.92 Å². The monoisotopic (exact) mass is 370 g/mol. The van der Waals surface area contributed by atoms with Gasteiger partial charge in [0.05, 0.1) is 0 Å². The quantitative estimate of drug-likeness (QED) is 0.476. The number of fused-ring (bicyclic) bond motifs is 4. The fourth-order valence-electron chi connectivity index (χ4n) is 5.40. The molecule has 2 nitrogen and oxygen atoms in total. The van der Waals surface area contributed by atoms with Crippen LogP contribution in [0, 0.1) is 5.92 Å². The molecule has 2 aromatic carbocycles. The van der Waals surface area contributed by atoms with E-state index in [-0.39, 0.29) is 5.97 Å². The minimum Gasteiger partial charge on any atom is -0.446 e. The molecule has 0 N–H and O–H groups in total. The van der Waals surface area contributed by atoms with E-state index in [1.54, 1.807) is 6.92 Å². The van der Waals surface area contributed by atoms with Gasteiger partial charge in [0.1, 0.15) is 0 Å². The fraction of sp³-hybridized carbons (Fsp3) is 0.346. The average Bonchev–Trinajstić information content (AvgIpc) is 3.33. The van der Waals surface area contributed by atoms with Crippen LogP contribution in [0.5, 0.6) is 0 Å². The molecular weight excluding hydrogens is 344 g/mol. The lowest BCUT2D eigenvalue weighted by Crippen LogP contribution is -2.39. The average molecular weight is 370 g/mol. The van der Waals surface area contributed by atoms with Crippen LogP contribution in [0.15, 0.2) is 54.6 Å². The Kier molecular flexibility index (Phi) is 4.04. The molecule has 28 heavy (non-hydrogen) atoms. The predicted molar refractivity (Wildman–Crippen MR) is 113 cm³/mol. The molecule has 3 aliphatic rings. The Bertz CT molecular complexity index is 1010. The SMILES string of the molecule is C=C(C)C(=O)OC1(C2CCCC2)c2ccccc2-c2cc3c(cc21)CCC=C3. The summed E-state index contributed by atoms with van der Waals surface area (Å²) in [5, 5.41) is 0. The smallest absolute Gasteiger partial charge is 0.334 e. The van der Waals surface area contributed by atoms with Crippen molar-refractivity contribution in [1.29, 1.82) is 0 Å². The summed E-state index contributed by atoms with van der Waals surface area (Å²) in [7, 11) is 0. The Labute approximate surface area is 166 Å². The molecule has 0 amide bonds. The van der Waals surface area contributed by atoms with Gasteiger partial charge in [-0.1, -0.05) is 61.9 Å². The van der Waals surface area contributed by atoms with Gasteiger partial charge in [0.25, 0.3) is 0 Å². The second-order valence-corrected chi connectivity index (χ2v) is 8.47. The number of esters is 1. The standard InChI is InChI=1S/C26H26O2/c1-17(2)25(27)28-26(20-11-5-6-12-20)23-14-8-7-13-21(23)22-15-18-9-3-4-10-19(18)16-24(22)26/h3,7-9,13-16,20H,1,4-6,10-12H2,2H3. The molecule has 0 heterocycles. The summed E-state index contributed by atoms with van der Waals surface area (Å²) in [4.78, 5) is 12.8. The third-order valence-electron chi connectivity index (χ3n) is 6.71. The van der Waals surface area contributed by atoms with E-state index in [1.165, 1.54) is 40.7 Å². The van der Waals surface area contributed by atoms with Gasteiger partial charge in [0, 0.05) is 22.6 Å². The van der Waals surface area contributed by atoms with Crippen LogP contribution < -0.4 is 0 Å². The van der Waals surface area contributed by atoms with Crippen LogP contribution in [0.3, 0.4) is 0 Å². The van der Waals surface area contributed by atoms with Crippen molar-refractivity contribution in [2.45, 2.75) is 51.0 Å². The number of allylic oxidation sites excluding steroid dienone is 1. The van der Waals surface area contributed by atoms with Crippen LogP contribution in [0.4, 0.5) is 0 Å². The van der Waals surface area contributed by atoms with Crippen molar-refractivity contribution in [3.8, 4) is 11.1 Å². The van der Waals surface area contributed by atoms with Crippen molar-refractivity contribution < 1.29 is 9.53 Å². The highest BCUT2D eigenvalue weighted by molar-refractivity contribution is 5.90. The van der Waals surface area contributed by atoms with Gasteiger partial charge >= 0.3 is 5.97 Å². The fourth-order valence-corrected chi connectivity index (χ4v) is 5.40. The lowest BCUT2D eigenvalue weighted by Gasteiger charge is -2.37. The first-order chi connectivity index (χ1) is 13.6. The van der Waals surface area contributed by atoms with Crippen LogP contribution >= 0.6 is 0 Å². The number of ether oxygens (including phenoxy) is 1. The summed E-state index contributed by atoms with van der Waals surface area (Å²) in [5.74, 6) is 0.0301. The normalized spacial score (nSPS) is 22.5. The molecular formula is C26H26O2. The largest absolute Gasteiger partial charge is 0.446 e. The molecule has 142 valence electrons. The number of benzene rings is 2. The van der Waals surface area contributed by atoms with Gasteiger partial charge in [0.15, 0.2) is 5.60 Å². The maximum absolute atomic E-state index is 12.8. The Morgan fingerprint density at radius 1 is 1.11 bits per heavy atom. The third kappa shape index (κ3) is 2.44. The van der Waals surface area contributed by atoms with E-state index in [4.69, 9.17) is 4.74 Å². The predicted octanol–water partition coefficient (Wildman–Crippen LogP) is 6.18. The Hall–Kier alpha value is -2.61. The van der Waals surface area contributed by atoms with Crippen LogP contribution in [-0.2, 0) is 21.6 Å². The van der Waals surface area contributed by atoms with Crippen molar-refractivity contribution in [3.05, 3.63) is 76.9 Å². The zero-order chi connectivity index (χ0) is 19.3. The molecule has 1 saturated carbocycles. The highest BCUT2D eigenvalue weighted by atomic mass is 16.6. The maximum atomic E-state index is 12.8. The van der Waals surface area contributed by atoms with E-state index in [9.17, 15) is 4.79 Å². The Morgan fingerprint density at radius 2 is 1.89 bits per heavy atom. The van der Waals surface area contributed by atoms with E-state index in [0.717, 1.165) is 31.2 Å². The molecule has 3 aliphatic carbocycles. The van der Waals surface area contributed by atoms with Crippen molar-refractivity contribution in [3.63, 3.8) is 0 Å². The minimum atomic E-state index is -0.686. The molecule has 0 saturated heterocycles. The number of rotatable bonds is 3. The van der Waals surface area contributed by atoms with Crippen LogP contribution in [0.2, 0.25) is 0 Å². The van der Waals surface area contributed by atoms with Gasteiger partial charge in [-0.15, -0.1) is 0 Å². The van der Waals surface area contributed by atoms with Gasteiger partial charge < -0.3 is 4.74 Å². The molecule has 5 rings (SSSR count). The molecule has 2 heteroatoms. The van der Waals surface area contributed by atoms with Crippen LogP contribution in [0.1, 0.15) is 61.3 Å². The third-order valence-corrected chi connectivity index (χ3v) is 6.71. The van der Waals surface area contributed by atoms with Gasteiger partial charge in [-0.25, -0.2) is 4.79 Å². The van der Waals surface area contributed by atoms with Gasteiger partial charge in [-0.05, 0) is 60.9 Å². The molecule has 2 aromatic rings. The number of aryl methyl sites for hydroxylation is 1. The number of carbonyl (C=O) groups is 1. The Morgan fingerprint density at radius 3 is 2.68 bits per heavy atom. The summed E-state index contributed by atoms with van der Waals surface area (Å²) in [6, 6.07) is 13.1. The summed E-state index contributed by atoms with van der Waals surface area (Å²) >= 11 is 0. The second-order valence-electron chi connectivity index (χ2n) is 8.47. The molecule has 0 aromatic heterocycles. The van der Waals surface area contributed by atoms with Crippen molar-refractivity contribution >= 4 is 12.0 Å². The first-order valence-electron chi connectivity index (χ1n) is 10.4. The lowest BCUT2D eigenvalue weighted by atomic mass is 9.77. The molecule has 1 atom stereocenters. The zero-order valence-corrected chi connectivity index (χ0v) is 16.5. The van der Waals surface area contributed by atoms with Gasteiger partial charge in [0.2, 0.25) is 0 Å². The second kappa shape index (κ2) is 6.48. The topological polar surface area (TPSA) is 26.3 Å². The van der Waals surface area contributed by atoms with Gasteiger partial charge in [-0.2, -0.15) is 0 Å². The summed E-state index contributed by atoms with van der Waals surface area (Å²) in [5.41, 5.74) is 7.21. The van der Waals surface area contributed by atoms with Crippen LogP contribution in [0.25, 0.3) is 17.2 Å². The highest BCUT2D eigenvalue weighted by Gasteiger charge is 2.52. The lowest BCUT2D eigenvalue weighted by molar-refractivity contribution is -0.156. The summed E-state index contributed by atoms with van der Waals surface area (Å²) in [6.07, 6.45) is 11.2. The van der Waals surface area contributed by atoms with Gasteiger partial charge in [-0.3, -0.25) is 0 Å². The number of hydrogen-bond acceptors (Lipinski definition) is 2.